The van der Waals surface area contributed by atoms with E-state index < -0.39 is 34.6 Å². The Morgan fingerprint density at radius 1 is 1.36 bits per heavy atom. The van der Waals surface area contributed by atoms with E-state index in [1.807, 2.05) is 0 Å². The summed E-state index contributed by atoms with van der Waals surface area (Å²) in [7, 11) is 1.15. The molecule has 0 aliphatic carbocycles. The lowest BCUT2D eigenvalue weighted by Crippen LogP contribution is -2.18. The Morgan fingerprint density at radius 2 is 2.00 bits per heavy atom. The molecule has 1 aromatic carbocycles. The van der Waals surface area contributed by atoms with Gasteiger partial charge in [0.15, 0.2) is 5.69 Å². The molecular weight excluding hydrogens is 417 g/mol. The third-order valence-electron chi connectivity index (χ3n) is 3.07. The van der Waals surface area contributed by atoms with Gasteiger partial charge in [-0.1, -0.05) is 6.07 Å². The molecule has 0 saturated heterocycles. The SMILES string of the molecule is Cc1ccc(NC(=O)c2c(Br)c(C(F)(F)F)nn2C)c(OC(F)F)c1. The van der Waals surface area contributed by atoms with Crippen molar-refractivity contribution in [2.24, 2.45) is 7.05 Å². The molecule has 2 aromatic rings. The van der Waals surface area contributed by atoms with Gasteiger partial charge >= 0.3 is 12.8 Å². The van der Waals surface area contributed by atoms with Crippen LogP contribution in [0, 0.1) is 6.92 Å². The standard InChI is InChI=1S/C14H11BrF5N3O2/c1-6-3-4-7(8(5-6)25-13(16)17)21-12(24)10-9(15)11(14(18,19)20)22-23(10)2/h3-5,13H,1-2H3,(H,21,24). The van der Waals surface area contributed by atoms with Gasteiger partial charge in [-0.25, -0.2) is 0 Å². The van der Waals surface area contributed by atoms with Gasteiger partial charge in [0.1, 0.15) is 11.4 Å². The molecule has 0 spiro atoms. The maximum Gasteiger partial charge on any atom is 0.436 e. The molecule has 0 aliphatic rings. The van der Waals surface area contributed by atoms with Crippen molar-refractivity contribution in [3.63, 3.8) is 0 Å². The first-order chi connectivity index (χ1) is 11.5. The van der Waals surface area contributed by atoms with Crippen LogP contribution in [0.2, 0.25) is 0 Å². The van der Waals surface area contributed by atoms with Crippen LogP contribution in [0.4, 0.5) is 27.6 Å². The highest BCUT2D eigenvalue weighted by molar-refractivity contribution is 9.10. The monoisotopic (exact) mass is 427 g/mol. The maximum atomic E-state index is 12.8. The second-order valence-electron chi connectivity index (χ2n) is 4.96. The van der Waals surface area contributed by atoms with Gasteiger partial charge in [0.25, 0.3) is 5.91 Å². The zero-order valence-electron chi connectivity index (χ0n) is 12.8. The number of anilines is 1. The topological polar surface area (TPSA) is 56.2 Å². The van der Waals surface area contributed by atoms with Crippen molar-refractivity contribution < 1.29 is 31.5 Å². The summed E-state index contributed by atoms with van der Waals surface area (Å²) in [4.78, 5) is 12.3. The molecule has 1 N–H and O–H groups in total. The van der Waals surface area contributed by atoms with Crippen molar-refractivity contribution in [3.05, 3.63) is 39.6 Å². The Morgan fingerprint density at radius 3 is 2.52 bits per heavy atom. The van der Waals surface area contributed by atoms with Crippen molar-refractivity contribution in [2.45, 2.75) is 19.7 Å². The number of nitrogens with one attached hydrogen (secondary N) is 1. The van der Waals surface area contributed by atoms with E-state index in [-0.39, 0.29) is 11.4 Å². The highest BCUT2D eigenvalue weighted by atomic mass is 79.9. The molecule has 0 unspecified atom stereocenters. The Bertz CT molecular complexity index is 804. The summed E-state index contributed by atoms with van der Waals surface area (Å²) < 4.78 is 68.0. The Kier molecular flexibility index (Phi) is 5.35. The summed E-state index contributed by atoms with van der Waals surface area (Å²) in [6.45, 7) is -1.50. The third-order valence-corrected chi connectivity index (χ3v) is 3.83. The molecule has 0 atom stereocenters. The minimum absolute atomic E-state index is 0.113. The predicted molar refractivity (Wildman–Crippen MR) is 81.7 cm³/mol. The van der Waals surface area contributed by atoms with E-state index in [4.69, 9.17) is 0 Å². The number of halogens is 6. The fourth-order valence-electron chi connectivity index (χ4n) is 2.03. The lowest BCUT2D eigenvalue weighted by atomic mass is 10.2. The molecule has 0 saturated carbocycles. The minimum Gasteiger partial charge on any atom is -0.433 e. The second-order valence-corrected chi connectivity index (χ2v) is 5.76. The van der Waals surface area contributed by atoms with E-state index >= 15 is 0 Å². The van der Waals surface area contributed by atoms with Gasteiger partial charge in [-0.15, -0.1) is 0 Å². The number of aryl methyl sites for hydroxylation is 2. The smallest absolute Gasteiger partial charge is 0.433 e. The fraction of sp³-hybridized carbons (Fsp3) is 0.286. The average Bonchev–Trinajstić information content (AvgIpc) is 2.76. The zero-order valence-corrected chi connectivity index (χ0v) is 14.4. The Hall–Kier alpha value is -2.17. The predicted octanol–water partition coefficient (Wildman–Crippen LogP) is 4.36. The van der Waals surface area contributed by atoms with Gasteiger partial charge in [0.2, 0.25) is 0 Å². The molecule has 1 aromatic heterocycles. The normalized spacial score (nSPS) is 11.7. The third kappa shape index (κ3) is 4.27. The number of benzene rings is 1. The highest BCUT2D eigenvalue weighted by Crippen LogP contribution is 2.36. The molecule has 5 nitrogen and oxygen atoms in total. The van der Waals surface area contributed by atoms with Crippen LogP contribution in [0.25, 0.3) is 0 Å². The van der Waals surface area contributed by atoms with E-state index in [9.17, 15) is 26.7 Å². The molecular formula is C14H11BrF5N3O2. The van der Waals surface area contributed by atoms with Crippen LogP contribution in [0.5, 0.6) is 5.75 Å². The summed E-state index contributed by atoms with van der Waals surface area (Å²) >= 11 is 2.71. The minimum atomic E-state index is -4.76. The molecule has 0 radical (unpaired) electrons. The van der Waals surface area contributed by atoms with Gasteiger partial charge in [-0.2, -0.15) is 27.1 Å². The molecule has 0 aliphatic heterocycles. The van der Waals surface area contributed by atoms with E-state index in [1.54, 1.807) is 6.92 Å². The largest absolute Gasteiger partial charge is 0.436 e. The number of nitrogens with zero attached hydrogens (tertiary/aromatic N) is 2. The van der Waals surface area contributed by atoms with Crippen LogP contribution in [0.15, 0.2) is 22.7 Å². The van der Waals surface area contributed by atoms with Gasteiger partial charge < -0.3 is 10.1 Å². The molecule has 25 heavy (non-hydrogen) atoms. The second kappa shape index (κ2) is 6.98. The molecule has 11 heteroatoms. The summed E-state index contributed by atoms with van der Waals surface area (Å²) in [6, 6.07) is 4.09. The number of carbonyl (C=O) groups is 1. The molecule has 2 rings (SSSR count). The fourth-order valence-corrected chi connectivity index (χ4v) is 2.77. The number of hydrogen-bond donors (Lipinski definition) is 1. The van der Waals surface area contributed by atoms with Crippen LogP contribution < -0.4 is 10.1 Å². The van der Waals surface area contributed by atoms with Crippen molar-refractivity contribution in [2.75, 3.05) is 5.32 Å². The van der Waals surface area contributed by atoms with E-state index in [1.165, 1.54) is 18.2 Å². The number of amides is 1. The first-order valence-corrected chi connectivity index (χ1v) is 7.46. The highest BCUT2D eigenvalue weighted by Gasteiger charge is 2.39. The van der Waals surface area contributed by atoms with Crippen LogP contribution in [0.1, 0.15) is 21.7 Å². The first-order valence-electron chi connectivity index (χ1n) is 6.67. The number of ether oxygens (including phenoxy) is 1. The average molecular weight is 428 g/mol. The summed E-state index contributed by atoms with van der Waals surface area (Å²) in [5.41, 5.74) is -1.21. The molecule has 136 valence electrons. The van der Waals surface area contributed by atoms with Crippen molar-refractivity contribution >= 4 is 27.5 Å². The maximum absolute atomic E-state index is 12.8. The lowest BCUT2D eigenvalue weighted by molar-refractivity contribution is -0.142. The van der Waals surface area contributed by atoms with E-state index in [0.717, 1.165) is 11.7 Å². The van der Waals surface area contributed by atoms with Crippen LogP contribution >= 0.6 is 15.9 Å². The number of hydrogen-bond acceptors (Lipinski definition) is 3. The van der Waals surface area contributed by atoms with Crippen molar-refractivity contribution in [3.8, 4) is 5.75 Å². The van der Waals surface area contributed by atoms with Crippen LogP contribution in [-0.4, -0.2) is 22.3 Å². The Labute approximate surface area is 146 Å². The lowest BCUT2D eigenvalue weighted by Gasteiger charge is -2.13. The number of carbonyl (C=O) groups excluding carboxylic acids is 1. The van der Waals surface area contributed by atoms with E-state index in [2.05, 4.69) is 31.1 Å². The molecule has 0 bridgehead atoms. The van der Waals surface area contributed by atoms with Gasteiger partial charge in [-0.05, 0) is 40.5 Å². The summed E-state index contributed by atoms with van der Waals surface area (Å²) in [5.74, 6) is -1.28. The quantitative estimate of drug-likeness (QED) is 0.737. The van der Waals surface area contributed by atoms with Gasteiger partial charge in [0.05, 0.1) is 10.2 Å². The summed E-state index contributed by atoms with van der Waals surface area (Å²) in [5, 5.41) is 5.51. The summed E-state index contributed by atoms with van der Waals surface area (Å²) in [6.07, 6.45) is -4.76. The molecule has 0 fully saturated rings. The number of alkyl halides is 5. The van der Waals surface area contributed by atoms with Crippen molar-refractivity contribution in [1.82, 2.24) is 9.78 Å². The van der Waals surface area contributed by atoms with Crippen molar-refractivity contribution in [1.29, 1.82) is 0 Å². The molecule has 1 amide bonds. The van der Waals surface area contributed by atoms with Gasteiger partial charge in [0, 0.05) is 7.05 Å². The van der Waals surface area contributed by atoms with Gasteiger partial charge in [-0.3, -0.25) is 9.48 Å². The number of rotatable bonds is 4. The van der Waals surface area contributed by atoms with Crippen LogP contribution in [0.3, 0.4) is 0 Å². The number of aromatic nitrogens is 2. The molecule has 1 heterocycles. The Balaban J connectivity index is 2.37. The van der Waals surface area contributed by atoms with Crippen LogP contribution in [-0.2, 0) is 13.2 Å². The zero-order chi connectivity index (χ0) is 18.9. The first kappa shape index (κ1) is 19.2. The van der Waals surface area contributed by atoms with E-state index in [0.29, 0.717) is 5.56 Å².